The lowest BCUT2D eigenvalue weighted by Gasteiger charge is -2.37. The smallest absolute Gasteiger partial charge is 0.121 e. The fourth-order valence-corrected chi connectivity index (χ4v) is 2.81. The second-order valence-electron chi connectivity index (χ2n) is 5.19. The van der Waals surface area contributed by atoms with Crippen molar-refractivity contribution >= 4 is 5.69 Å². The lowest BCUT2D eigenvalue weighted by atomic mass is 10.0. The summed E-state index contributed by atoms with van der Waals surface area (Å²) in [6, 6.07) is 8.46. The summed E-state index contributed by atoms with van der Waals surface area (Å²) in [7, 11) is 1.66. The largest absolute Gasteiger partial charge is 0.497 e. The lowest BCUT2D eigenvalue weighted by Crippen LogP contribution is -2.46. The number of hydrogen-bond donors (Lipinski definition) is 1. The first-order valence-electron chi connectivity index (χ1n) is 7.35. The minimum absolute atomic E-state index is 0.461. The molecule has 0 aromatic heterocycles. The van der Waals surface area contributed by atoms with Gasteiger partial charge in [-0.1, -0.05) is 6.92 Å². The zero-order chi connectivity index (χ0) is 14.4. The van der Waals surface area contributed by atoms with Gasteiger partial charge in [0.15, 0.2) is 0 Å². The third-order valence-corrected chi connectivity index (χ3v) is 3.81. The highest BCUT2D eigenvalue weighted by atomic mass is 16.5. The number of anilines is 1. The standard InChI is InChI=1S/C16H23N3O/c1-3-9-19(14-5-4-8-18-12-14)16-10-15(20-2)7-6-13(16)11-17/h6-7,10,14,18H,3-5,8-9,12H2,1-2H3. The Morgan fingerprint density at radius 2 is 2.35 bits per heavy atom. The highest BCUT2D eigenvalue weighted by molar-refractivity contribution is 5.62. The van der Waals surface area contributed by atoms with Gasteiger partial charge in [0.25, 0.3) is 0 Å². The highest BCUT2D eigenvalue weighted by Gasteiger charge is 2.23. The van der Waals surface area contributed by atoms with Gasteiger partial charge < -0.3 is 15.0 Å². The molecule has 0 radical (unpaired) electrons. The predicted octanol–water partition coefficient (Wildman–Crippen LogP) is 2.54. The number of nitriles is 1. The molecule has 20 heavy (non-hydrogen) atoms. The molecule has 1 aromatic carbocycles. The molecule has 0 bridgehead atoms. The second kappa shape index (κ2) is 7.16. The average Bonchev–Trinajstić information content (AvgIpc) is 2.53. The Morgan fingerprint density at radius 1 is 1.50 bits per heavy atom. The molecule has 1 atom stereocenters. The van der Waals surface area contributed by atoms with Gasteiger partial charge in [0.1, 0.15) is 11.8 Å². The van der Waals surface area contributed by atoms with Gasteiger partial charge >= 0.3 is 0 Å². The summed E-state index contributed by atoms with van der Waals surface area (Å²) < 4.78 is 5.32. The lowest BCUT2D eigenvalue weighted by molar-refractivity contribution is 0.412. The highest BCUT2D eigenvalue weighted by Crippen LogP contribution is 2.29. The number of benzene rings is 1. The normalized spacial score (nSPS) is 18.4. The van der Waals surface area contributed by atoms with E-state index in [-0.39, 0.29) is 0 Å². The number of nitrogens with one attached hydrogen (secondary N) is 1. The van der Waals surface area contributed by atoms with Crippen LogP contribution in [-0.2, 0) is 0 Å². The molecule has 4 heteroatoms. The van der Waals surface area contributed by atoms with Crippen molar-refractivity contribution in [3.8, 4) is 11.8 Å². The summed E-state index contributed by atoms with van der Waals surface area (Å²) in [6.07, 6.45) is 3.43. The number of rotatable bonds is 5. The summed E-state index contributed by atoms with van der Waals surface area (Å²) in [5.74, 6) is 0.809. The third-order valence-electron chi connectivity index (χ3n) is 3.81. The molecular weight excluding hydrogens is 250 g/mol. The minimum Gasteiger partial charge on any atom is -0.497 e. The van der Waals surface area contributed by atoms with Crippen LogP contribution < -0.4 is 15.0 Å². The molecule has 0 spiro atoms. The first-order chi connectivity index (χ1) is 9.80. The van der Waals surface area contributed by atoms with Crippen LogP contribution >= 0.6 is 0 Å². The van der Waals surface area contributed by atoms with Gasteiger partial charge in [-0.05, 0) is 37.9 Å². The van der Waals surface area contributed by atoms with Gasteiger partial charge in [0, 0.05) is 25.2 Å². The summed E-state index contributed by atoms with van der Waals surface area (Å²) >= 11 is 0. The van der Waals surface area contributed by atoms with Gasteiger partial charge in [-0.15, -0.1) is 0 Å². The molecule has 1 fully saturated rings. The zero-order valence-corrected chi connectivity index (χ0v) is 12.4. The Kier molecular flexibility index (Phi) is 5.25. The van der Waals surface area contributed by atoms with Gasteiger partial charge in [0.05, 0.1) is 18.4 Å². The molecule has 1 saturated heterocycles. The number of ether oxygens (including phenoxy) is 1. The topological polar surface area (TPSA) is 48.3 Å². The number of nitrogens with zero attached hydrogens (tertiary/aromatic N) is 2. The molecule has 1 N–H and O–H groups in total. The van der Waals surface area contributed by atoms with Crippen LogP contribution in [-0.4, -0.2) is 32.8 Å². The summed E-state index contributed by atoms with van der Waals surface area (Å²) in [4.78, 5) is 2.37. The number of methoxy groups -OCH3 is 1. The molecule has 1 aliphatic rings. The first kappa shape index (κ1) is 14.7. The van der Waals surface area contributed by atoms with Crippen molar-refractivity contribution in [2.45, 2.75) is 32.2 Å². The maximum Gasteiger partial charge on any atom is 0.121 e. The second-order valence-corrected chi connectivity index (χ2v) is 5.19. The van der Waals surface area contributed by atoms with Gasteiger partial charge in [-0.2, -0.15) is 5.26 Å². The monoisotopic (exact) mass is 273 g/mol. The van der Waals surface area contributed by atoms with E-state index in [0.29, 0.717) is 6.04 Å². The zero-order valence-electron chi connectivity index (χ0n) is 12.4. The van der Waals surface area contributed by atoms with E-state index in [1.807, 2.05) is 18.2 Å². The van der Waals surface area contributed by atoms with Crippen LogP contribution in [0.3, 0.4) is 0 Å². The molecule has 1 heterocycles. The molecule has 2 rings (SSSR count). The molecule has 0 amide bonds. The third kappa shape index (κ3) is 3.23. The Bertz CT molecular complexity index is 475. The summed E-state index contributed by atoms with van der Waals surface area (Å²) in [6.45, 7) is 5.23. The van der Waals surface area contributed by atoms with Crippen LogP contribution in [0.5, 0.6) is 5.75 Å². The Balaban J connectivity index is 2.34. The van der Waals surface area contributed by atoms with Crippen LogP contribution in [0, 0.1) is 11.3 Å². The molecule has 1 aromatic rings. The van der Waals surface area contributed by atoms with Crippen molar-refractivity contribution in [1.82, 2.24) is 5.32 Å². The molecule has 0 aliphatic carbocycles. The minimum atomic E-state index is 0.461. The van der Waals surface area contributed by atoms with E-state index in [4.69, 9.17) is 4.74 Å². The van der Waals surface area contributed by atoms with E-state index in [9.17, 15) is 5.26 Å². The Hall–Kier alpha value is -1.73. The molecule has 1 unspecified atom stereocenters. The van der Waals surface area contributed by atoms with E-state index < -0.39 is 0 Å². The van der Waals surface area contributed by atoms with Gasteiger partial charge in [-0.3, -0.25) is 0 Å². The van der Waals surface area contributed by atoms with Crippen LogP contribution in [0.2, 0.25) is 0 Å². The van der Waals surface area contributed by atoms with Gasteiger partial charge in [-0.25, -0.2) is 0 Å². The fraction of sp³-hybridized carbons (Fsp3) is 0.562. The Labute approximate surface area is 121 Å². The molecule has 4 nitrogen and oxygen atoms in total. The van der Waals surface area contributed by atoms with Crippen molar-refractivity contribution in [3.05, 3.63) is 23.8 Å². The van der Waals surface area contributed by atoms with Crippen LogP contribution in [0.15, 0.2) is 18.2 Å². The number of piperidine rings is 1. The fourth-order valence-electron chi connectivity index (χ4n) is 2.81. The van der Waals surface area contributed by atoms with E-state index >= 15 is 0 Å². The predicted molar refractivity (Wildman–Crippen MR) is 81.2 cm³/mol. The van der Waals surface area contributed by atoms with E-state index in [2.05, 4.69) is 23.2 Å². The molecular formula is C16H23N3O. The average molecular weight is 273 g/mol. The molecule has 108 valence electrons. The van der Waals surface area contributed by atoms with Crippen molar-refractivity contribution in [1.29, 1.82) is 5.26 Å². The van der Waals surface area contributed by atoms with E-state index in [1.165, 1.54) is 12.8 Å². The van der Waals surface area contributed by atoms with Crippen LogP contribution in [0.4, 0.5) is 5.69 Å². The van der Waals surface area contributed by atoms with E-state index in [1.54, 1.807) is 7.11 Å². The van der Waals surface area contributed by atoms with E-state index in [0.717, 1.165) is 43.1 Å². The molecule has 0 saturated carbocycles. The van der Waals surface area contributed by atoms with Crippen molar-refractivity contribution in [3.63, 3.8) is 0 Å². The van der Waals surface area contributed by atoms with Gasteiger partial charge in [0.2, 0.25) is 0 Å². The van der Waals surface area contributed by atoms with Crippen LogP contribution in [0.1, 0.15) is 31.7 Å². The maximum atomic E-state index is 9.36. The van der Waals surface area contributed by atoms with Crippen molar-refractivity contribution < 1.29 is 4.74 Å². The van der Waals surface area contributed by atoms with Crippen LogP contribution in [0.25, 0.3) is 0 Å². The first-order valence-corrected chi connectivity index (χ1v) is 7.35. The Morgan fingerprint density at radius 3 is 2.95 bits per heavy atom. The van der Waals surface area contributed by atoms with Crippen molar-refractivity contribution in [2.75, 3.05) is 31.6 Å². The van der Waals surface area contributed by atoms with Crippen molar-refractivity contribution in [2.24, 2.45) is 0 Å². The molecule has 1 aliphatic heterocycles. The quantitative estimate of drug-likeness (QED) is 0.895. The summed E-state index contributed by atoms with van der Waals surface area (Å²) in [5.41, 5.74) is 1.73. The summed E-state index contributed by atoms with van der Waals surface area (Å²) in [5, 5.41) is 12.8. The maximum absolute atomic E-state index is 9.36. The number of hydrogen-bond acceptors (Lipinski definition) is 4. The SMILES string of the molecule is CCCN(c1cc(OC)ccc1C#N)C1CCCNC1.